The second kappa shape index (κ2) is 23.4. The molecule has 0 aliphatic heterocycles. The van der Waals surface area contributed by atoms with Crippen LogP contribution in [0.3, 0.4) is 0 Å². The second-order valence-electron chi connectivity index (χ2n) is 16.9. The summed E-state index contributed by atoms with van der Waals surface area (Å²) in [5, 5.41) is 16.7. The molecule has 15 heteroatoms. The summed E-state index contributed by atoms with van der Waals surface area (Å²) in [5.74, 6) is -0.981. The Balaban J connectivity index is 0.000000244. The van der Waals surface area contributed by atoms with Crippen LogP contribution in [0.5, 0.6) is 11.5 Å². The molecule has 0 aliphatic rings. The number of benzene rings is 2. The number of pyridine rings is 2. The van der Waals surface area contributed by atoms with Gasteiger partial charge in [0, 0.05) is 84.1 Å². The number of ether oxygens (including phenoxy) is 2. The quantitative estimate of drug-likeness (QED) is 0.0461. The molecule has 65 heavy (non-hydrogen) atoms. The van der Waals surface area contributed by atoms with Crippen molar-refractivity contribution < 1.29 is 33.4 Å². The zero-order valence-electron chi connectivity index (χ0n) is 37.7. The SMILES string of the molecule is COc1cccc2[nH]c(C(=O)C[C@@H](CC(C)C)C(=O)N[C@@H](Cc3cccnc3)C(N)=O)cc12.COc1cccc2[nH]c(C(=O)C[C@@H](CC(C)C)C(=O)N[C@H](C#N)Cc3cccnc3)cc12. The number of ketones is 2. The lowest BCUT2D eigenvalue weighted by Crippen LogP contribution is -2.48. The fourth-order valence-corrected chi connectivity index (χ4v) is 7.72. The van der Waals surface area contributed by atoms with Crippen molar-refractivity contribution in [1.29, 1.82) is 5.26 Å². The van der Waals surface area contributed by atoms with Gasteiger partial charge >= 0.3 is 0 Å². The number of methoxy groups -OCH3 is 2. The molecule has 4 atom stereocenters. The number of hydrogen-bond acceptors (Lipinski definition) is 10. The molecule has 4 heterocycles. The van der Waals surface area contributed by atoms with E-state index in [9.17, 15) is 29.2 Å². The molecule has 340 valence electrons. The summed E-state index contributed by atoms with van der Waals surface area (Å²) in [4.78, 5) is 78.5. The van der Waals surface area contributed by atoms with Gasteiger partial charge in [0.15, 0.2) is 11.6 Å². The number of amides is 3. The number of carbonyl (C=O) groups excluding carboxylic acids is 5. The van der Waals surface area contributed by atoms with Crippen LogP contribution in [-0.2, 0) is 27.2 Å². The first kappa shape index (κ1) is 48.7. The monoisotopic (exact) mass is 882 g/mol. The topological polar surface area (TPSA) is 235 Å². The molecule has 3 amide bonds. The maximum absolute atomic E-state index is 13.1. The fourth-order valence-electron chi connectivity index (χ4n) is 7.72. The average molecular weight is 883 g/mol. The Morgan fingerprint density at radius 3 is 1.54 bits per heavy atom. The van der Waals surface area contributed by atoms with Crippen molar-refractivity contribution in [3.8, 4) is 17.6 Å². The number of aromatic amines is 2. The number of nitrogens with zero attached hydrogens (tertiary/aromatic N) is 3. The van der Waals surface area contributed by atoms with Gasteiger partial charge in [-0.15, -0.1) is 0 Å². The smallest absolute Gasteiger partial charge is 0.240 e. The molecule has 0 bridgehead atoms. The molecule has 0 radical (unpaired) electrons. The predicted octanol–water partition coefficient (Wildman–Crippen LogP) is 7.08. The third kappa shape index (κ3) is 13.8. The number of nitriles is 1. The third-order valence-electron chi connectivity index (χ3n) is 10.9. The molecule has 0 spiro atoms. The summed E-state index contributed by atoms with van der Waals surface area (Å²) in [6.07, 6.45) is 8.31. The molecule has 0 saturated heterocycles. The number of carbonyl (C=O) groups is 5. The highest BCUT2D eigenvalue weighted by Gasteiger charge is 2.29. The second-order valence-corrected chi connectivity index (χ2v) is 16.9. The summed E-state index contributed by atoms with van der Waals surface area (Å²) in [6.45, 7) is 7.99. The van der Waals surface area contributed by atoms with Gasteiger partial charge in [-0.1, -0.05) is 52.0 Å². The average Bonchev–Trinajstić information content (AvgIpc) is 3.94. The number of H-pyrrole nitrogens is 2. The van der Waals surface area contributed by atoms with Crippen LogP contribution in [0.2, 0.25) is 0 Å². The van der Waals surface area contributed by atoms with Crippen LogP contribution in [-0.4, -0.2) is 75.5 Å². The summed E-state index contributed by atoms with van der Waals surface area (Å²) >= 11 is 0. The van der Waals surface area contributed by atoms with Crippen molar-refractivity contribution in [1.82, 2.24) is 30.6 Å². The first-order valence-electron chi connectivity index (χ1n) is 21.6. The van der Waals surface area contributed by atoms with E-state index in [2.05, 4.69) is 36.6 Å². The Morgan fingerprint density at radius 2 is 1.14 bits per heavy atom. The van der Waals surface area contributed by atoms with E-state index in [4.69, 9.17) is 15.2 Å². The molecule has 0 unspecified atom stereocenters. The Hall–Kier alpha value is -7.34. The minimum atomic E-state index is -0.885. The highest BCUT2D eigenvalue weighted by Crippen LogP contribution is 2.29. The molecular weight excluding hydrogens is 825 g/mol. The number of rotatable bonds is 21. The number of fused-ring (bicyclic) bond motifs is 2. The van der Waals surface area contributed by atoms with E-state index in [0.717, 1.165) is 32.9 Å². The maximum Gasteiger partial charge on any atom is 0.240 e. The normalized spacial score (nSPS) is 12.9. The minimum Gasteiger partial charge on any atom is -0.496 e. The number of primary amides is 1. The first-order valence-corrected chi connectivity index (χ1v) is 21.6. The Morgan fingerprint density at radius 1 is 0.677 bits per heavy atom. The van der Waals surface area contributed by atoms with Crippen LogP contribution in [0.25, 0.3) is 21.8 Å². The van der Waals surface area contributed by atoms with E-state index in [1.54, 1.807) is 63.3 Å². The zero-order chi connectivity index (χ0) is 47.0. The molecule has 6 aromatic rings. The van der Waals surface area contributed by atoms with Gasteiger partial charge in [-0.2, -0.15) is 5.26 Å². The number of nitrogens with one attached hydrogen (secondary N) is 4. The number of Topliss-reactive ketones (excluding diaryl/α,β-unsaturated/α-hetero) is 2. The predicted molar refractivity (Wildman–Crippen MR) is 248 cm³/mol. The minimum absolute atomic E-state index is 0.0114. The molecule has 6 rings (SSSR count). The maximum atomic E-state index is 13.1. The largest absolute Gasteiger partial charge is 0.496 e. The highest BCUT2D eigenvalue weighted by atomic mass is 16.5. The Bertz CT molecular complexity index is 2600. The van der Waals surface area contributed by atoms with E-state index >= 15 is 0 Å². The zero-order valence-corrected chi connectivity index (χ0v) is 37.7. The van der Waals surface area contributed by atoms with Gasteiger partial charge in [-0.25, -0.2) is 0 Å². The Labute approximate surface area is 378 Å². The van der Waals surface area contributed by atoms with Crippen LogP contribution in [0.15, 0.2) is 97.6 Å². The molecule has 6 N–H and O–H groups in total. The molecule has 4 aromatic heterocycles. The van der Waals surface area contributed by atoms with Crippen LogP contribution >= 0.6 is 0 Å². The van der Waals surface area contributed by atoms with Crippen LogP contribution in [0.1, 0.15) is 85.5 Å². The van der Waals surface area contributed by atoms with Crippen molar-refractivity contribution in [2.75, 3.05) is 14.2 Å². The van der Waals surface area contributed by atoms with Gasteiger partial charge < -0.3 is 35.8 Å². The fraction of sp³-hybridized carbons (Fsp3) is 0.360. The van der Waals surface area contributed by atoms with Gasteiger partial charge in [0.2, 0.25) is 17.7 Å². The van der Waals surface area contributed by atoms with Gasteiger partial charge in [-0.05, 0) is 84.3 Å². The third-order valence-corrected chi connectivity index (χ3v) is 10.9. The number of nitrogens with two attached hydrogens (primary N) is 1. The number of hydrogen-bond donors (Lipinski definition) is 5. The first-order chi connectivity index (χ1) is 31.2. The van der Waals surface area contributed by atoms with Crippen molar-refractivity contribution in [3.05, 3.63) is 120 Å². The molecule has 2 aromatic carbocycles. The molecule has 0 aliphatic carbocycles. The summed E-state index contributed by atoms with van der Waals surface area (Å²) in [6, 6.07) is 22.4. The van der Waals surface area contributed by atoms with Gasteiger partial charge in [-0.3, -0.25) is 33.9 Å². The van der Waals surface area contributed by atoms with E-state index in [-0.39, 0.29) is 54.5 Å². The van der Waals surface area contributed by atoms with Gasteiger partial charge in [0.25, 0.3) is 0 Å². The molecule has 0 saturated carbocycles. The van der Waals surface area contributed by atoms with Gasteiger partial charge in [0.1, 0.15) is 23.6 Å². The number of aromatic nitrogens is 4. The lowest BCUT2D eigenvalue weighted by molar-refractivity contribution is -0.130. The van der Waals surface area contributed by atoms with Crippen molar-refractivity contribution in [3.63, 3.8) is 0 Å². The van der Waals surface area contributed by atoms with Crippen LogP contribution in [0, 0.1) is 35.0 Å². The van der Waals surface area contributed by atoms with Crippen molar-refractivity contribution in [2.24, 2.45) is 29.4 Å². The van der Waals surface area contributed by atoms with E-state index in [1.165, 1.54) is 0 Å². The lowest BCUT2D eigenvalue weighted by atomic mass is 9.90. The van der Waals surface area contributed by atoms with Crippen molar-refractivity contribution in [2.45, 2.75) is 78.3 Å². The van der Waals surface area contributed by atoms with Crippen LogP contribution in [0.4, 0.5) is 0 Å². The lowest BCUT2D eigenvalue weighted by Gasteiger charge is -2.22. The van der Waals surface area contributed by atoms with E-state index in [0.29, 0.717) is 42.1 Å². The summed E-state index contributed by atoms with van der Waals surface area (Å²) < 4.78 is 10.7. The van der Waals surface area contributed by atoms with Crippen molar-refractivity contribution >= 4 is 51.1 Å². The van der Waals surface area contributed by atoms with Gasteiger partial charge in [0.05, 0.1) is 31.7 Å². The highest BCUT2D eigenvalue weighted by molar-refractivity contribution is 6.03. The molecular formula is C50H58N8O7. The standard InChI is InChI=1S/C25H30N4O4.C25H28N4O3/c1-15(2)10-17(25(32)29-21(24(26)31)11-16-6-5-9-27-14-16)12-22(30)20-13-18-19(28-20)7-4-8-23(18)33-3;1-16(2)10-18(25(31)28-19(14-26)11-17-6-5-9-27-15-17)12-23(30)22-13-20-21(29-22)7-4-8-24(20)32-3/h4-9,13-15,17,21,28H,10-12H2,1-3H3,(H2,26,31)(H,29,32);4-9,13,15-16,18-19,29H,10-12H2,1-3H3,(H,28,31)/t17-,21+;18-,19+/m11/s1. The molecule has 0 fully saturated rings. The van der Waals surface area contributed by atoms with Crippen LogP contribution < -0.4 is 25.8 Å². The Kier molecular flexibility index (Phi) is 17.5. The van der Waals surface area contributed by atoms with E-state index in [1.807, 2.05) is 76.2 Å². The summed E-state index contributed by atoms with van der Waals surface area (Å²) in [7, 11) is 3.16. The van der Waals surface area contributed by atoms with E-state index < -0.39 is 29.8 Å². The molecule has 15 nitrogen and oxygen atoms in total. The summed E-state index contributed by atoms with van der Waals surface area (Å²) in [5.41, 5.74) is 9.63.